The average Bonchev–Trinajstić information content (AvgIpc) is 2.60. The van der Waals surface area contributed by atoms with E-state index in [0.717, 1.165) is 12.8 Å². The van der Waals surface area contributed by atoms with Gasteiger partial charge in [-0.1, -0.05) is 48.5 Å². The van der Waals surface area contributed by atoms with Crippen molar-refractivity contribution in [3.05, 3.63) is 46.2 Å². The minimum absolute atomic E-state index is 0.277. The van der Waals surface area contributed by atoms with Crippen LogP contribution in [0.5, 0.6) is 0 Å². The molecule has 5 nitrogen and oxygen atoms in total. The van der Waals surface area contributed by atoms with E-state index in [1.165, 1.54) is 19.3 Å². The van der Waals surface area contributed by atoms with E-state index in [4.69, 9.17) is 23.2 Å². The number of hydrogen-bond donors (Lipinski definition) is 2. The van der Waals surface area contributed by atoms with Gasteiger partial charge in [0.05, 0.1) is 15.7 Å². The Morgan fingerprint density at radius 2 is 1.92 bits per heavy atom. The highest BCUT2D eigenvalue weighted by molar-refractivity contribution is 6.44. The van der Waals surface area contributed by atoms with Crippen molar-refractivity contribution in [2.75, 3.05) is 10.6 Å². The second-order valence-corrected chi connectivity index (χ2v) is 6.59. The topological polar surface area (TPSA) is 66.9 Å². The summed E-state index contributed by atoms with van der Waals surface area (Å²) < 4.78 is 0. The van der Waals surface area contributed by atoms with Crippen LogP contribution in [-0.2, 0) is 0 Å². The second kappa shape index (κ2) is 7.81. The van der Waals surface area contributed by atoms with Gasteiger partial charge in [-0.3, -0.25) is 4.79 Å². The van der Waals surface area contributed by atoms with Crippen LogP contribution in [0.2, 0.25) is 10.0 Å². The number of carbonyl (C=O) groups is 1. The summed E-state index contributed by atoms with van der Waals surface area (Å²) in [5, 5.41) is 6.73. The van der Waals surface area contributed by atoms with Crippen molar-refractivity contribution in [3.63, 3.8) is 0 Å². The van der Waals surface area contributed by atoms with Gasteiger partial charge in [-0.2, -0.15) is 0 Å². The second-order valence-electron chi connectivity index (χ2n) is 5.80. The summed E-state index contributed by atoms with van der Waals surface area (Å²) >= 11 is 12.1. The summed E-state index contributed by atoms with van der Waals surface area (Å²) in [6, 6.07) is 7.02. The molecular weight excluding hydrogens is 347 g/mol. The third kappa shape index (κ3) is 4.16. The average molecular weight is 365 g/mol. The summed E-state index contributed by atoms with van der Waals surface area (Å²) in [7, 11) is 0. The first-order chi connectivity index (χ1) is 11.6. The molecule has 0 radical (unpaired) electrons. The van der Waals surface area contributed by atoms with Gasteiger partial charge < -0.3 is 10.6 Å². The van der Waals surface area contributed by atoms with Crippen molar-refractivity contribution in [3.8, 4) is 0 Å². The summed E-state index contributed by atoms with van der Waals surface area (Å²) in [5.41, 5.74) is 0.730. The smallest absolute Gasteiger partial charge is 0.274 e. The number of benzene rings is 1. The Bertz CT molecular complexity index is 732. The molecule has 0 aliphatic heterocycles. The van der Waals surface area contributed by atoms with Crippen molar-refractivity contribution in [1.82, 2.24) is 9.97 Å². The standard InChI is InChI=1S/C17H18Cl2N4O/c18-12-7-4-8-13(15(12)19)22-16(24)14-9-10-20-17(23-14)21-11-5-2-1-3-6-11/h4,7-11H,1-3,5-6H2,(H,22,24)(H,20,21,23). The molecule has 1 aromatic carbocycles. The molecule has 7 heteroatoms. The molecule has 1 aliphatic rings. The molecule has 2 N–H and O–H groups in total. The third-order valence-corrected chi connectivity index (χ3v) is 4.85. The molecular formula is C17H18Cl2N4O. The molecule has 1 fully saturated rings. The Morgan fingerprint density at radius 1 is 1.12 bits per heavy atom. The van der Waals surface area contributed by atoms with Crippen molar-refractivity contribution in [1.29, 1.82) is 0 Å². The van der Waals surface area contributed by atoms with Crippen LogP contribution >= 0.6 is 23.2 Å². The lowest BCUT2D eigenvalue weighted by Crippen LogP contribution is -2.24. The molecule has 126 valence electrons. The first-order valence-electron chi connectivity index (χ1n) is 7.98. The fourth-order valence-electron chi connectivity index (χ4n) is 2.77. The van der Waals surface area contributed by atoms with Gasteiger partial charge in [0.2, 0.25) is 5.95 Å². The van der Waals surface area contributed by atoms with Crippen LogP contribution in [0.3, 0.4) is 0 Å². The minimum Gasteiger partial charge on any atom is -0.351 e. The van der Waals surface area contributed by atoms with Crippen LogP contribution in [0, 0.1) is 0 Å². The predicted molar refractivity (Wildman–Crippen MR) is 96.9 cm³/mol. The van der Waals surface area contributed by atoms with Crippen LogP contribution in [0.25, 0.3) is 0 Å². The molecule has 2 aromatic rings. The molecule has 0 bridgehead atoms. The van der Waals surface area contributed by atoms with Gasteiger partial charge in [0.25, 0.3) is 5.91 Å². The van der Waals surface area contributed by atoms with E-state index < -0.39 is 0 Å². The molecule has 0 atom stereocenters. The van der Waals surface area contributed by atoms with Crippen molar-refractivity contribution < 1.29 is 4.79 Å². The van der Waals surface area contributed by atoms with Gasteiger partial charge in [0.1, 0.15) is 5.69 Å². The van der Waals surface area contributed by atoms with Crippen LogP contribution in [-0.4, -0.2) is 21.9 Å². The molecule has 3 rings (SSSR count). The zero-order valence-corrected chi connectivity index (χ0v) is 14.6. The Labute approximate surface area is 150 Å². The number of rotatable bonds is 4. The minimum atomic E-state index is -0.353. The largest absolute Gasteiger partial charge is 0.351 e. The SMILES string of the molecule is O=C(Nc1cccc(Cl)c1Cl)c1ccnc(NC2CCCCC2)n1. The monoisotopic (exact) mass is 364 g/mol. The highest BCUT2D eigenvalue weighted by atomic mass is 35.5. The predicted octanol–water partition coefficient (Wildman–Crippen LogP) is 4.78. The maximum Gasteiger partial charge on any atom is 0.274 e. The number of hydrogen-bond acceptors (Lipinski definition) is 4. The van der Waals surface area contributed by atoms with E-state index in [1.807, 2.05) is 0 Å². The molecule has 1 aromatic heterocycles. The zero-order valence-electron chi connectivity index (χ0n) is 13.1. The summed E-state index contributed by atoms with van der Waals surface area (Å²) in [6.45, 7) is 0. The van der Waals surface area contributed by atoms with Crippen LogP contribution in [0.15, 0.2) is 30.5 Å². The molecule has 1 saturated carbocycles. The van der Waals surface area contributed by atoms with Gasteiger partial charge in [-0.05, 0) is 31.0 Å². The first-order valence-corrected chi connectivity index (χ1v) is 8.74. The fraction of sp³-hybridized carbons (Fsp3) is 0.353. The molecule has 0 unspecified atom stereocenters. The third-order valence-electron chi connectivity index (χ3n) is 4.03. The quantitative estimate of drug-likeness (QED) is 0.818. The lowest BCUT2D eigenvalue weighted by atomic mass is 9.96. The van der Waals surface area contributed by atoms with Gasteiger partial charge in [-0.15, -0.1) is 0 Å². The number of aromatic nitrogens is 2. The van der Waals surface area contributed by atoms with Crippen molar-refractivity contribution >= 4 is 40.7 Å². The van der Waals surface area contributed by atoms with Gasteiger partial charge >= 0.3 is 0 Å². The first kappa shape index (κ1) is 17.0. The number of amides is 1. The zero-order chi connectivity index (χ0) is 16.9. The van der Waals surface area contributed by atoms with E-state index >= 15 is 0 Å². The Hall–Kier alpha value is -1.85. The van der Waals surface area contributed by atoms with Crippen LogP contribution < -0.4 is 10.6 Å². The van der Waals surface area contributed by atoms with Gasteiger partial charge in [0.15, 0.2) is 0 Å². The number of carbonyl (C=O) groups excluding carboxylic acids is 1. The van der Waals surface area contributed by atoms with E-state index in [2.05, 4.69) is 20.6 Å². The van der Waals surface area contributed by atoms with Crippen LogP contribution in [0.4, 0.5) is 11.6 Å². The summed E-state index contributed by atoms with van der Waals surface area (Å²) in [6.07, 6.45) is 7.50. The molecule has 0 saturated heterocycles. The molecule has 1 aliphatic carbocycles. The van der Waals surface area contributed by atoms with Gasteiger partial charge in [0, 0.05) is 12.2 Å². The van der Waals surface area contributed by atoms with Crippen molar-refractivity contribution in [2.24, 2.45) is 0 Å². The molecule has 24 heavy (non-hydrogen) atoms. The summed E-state index contributed by atoms with van der Waals surface area (Å²) in [4.78, 5) is 20.9. The molecule has 1 amide bonds. The normalized spacial score (nSPS) is 15.1. The van der Waals surface area contributed by atoms with E-state index in [9.17, 15) is 4.79 Å². The van der Waals surface area contributed by atoms with E-state index in [-0.39, 0.29) is 11.6 Å². The van der Waals surface area contributed by atoms with Gasteiger partial charge in [-0.25, -0.2) is 9.97 Å². The highest BCUT2D eigenvalue weighted by Gasteiger charge is 2.16. The summed E-state index contributed by atoms with van der Waals surface area (Å²) in [5.74, 6) is 0.125. The van der Waals surface area contributed by atoms with Crippen molar-refractivity contribution in [2.45, 2.75) is 38.1 Å². The molecule has 1 heterocycles. The number of nitrogens with zero attached hydrogens (tertiary/aromatic N) is 2. The lowest BCUT2D eigenvalue weighted by molar-refractivity contribution is 0.102. The van der Waals surface area contributed by atoms with E-state index in [1.54, 1.807) is 30.5 Å². The Kier molecular flexibility index (Phi) is 5.53. The van der Waals surface area contributed by atoms with Crippen LogP contribution in [0.1, 0.15) is 42.6 Å². The number of anilines is 2. The fourth-order valence-corrected chi connectivity index (χ4v) is 3.12. The Balaban J connectivity index is 1.70. The lowest BCUT2D eigenvalue weighted by Gasteiger charge is -2.22. The van der Waals surface area contributed by atoms with E-state index in [0.29, 0.717) is 27.7 Å². The Morgan fingerprint density at radius 3 is 2.71 bits per heavy atom. The molecule has 0 spiro atoms. The number of nitrogens with one attached hydrogen (secondary N) is 2. The maximum absolute atomic E-state index is 12.4. The highest BCUT2D eigenvalue weighted by Crippen LogP contribution is 2.29. The number of halogens is 2. The maximum atomic E-state index is 12.4.